The molecule has 0 amide bonds. The Morgan fingerprint density at radius 3 is 2.03 bits per heavy atom. The van der Waals surface area contributed by atoms with E-state index in [0.29, 0.717) is 22.8 Å². The van der Waals surface area contributed by atoms with Crippen LogP contribution in [-0.2, 0) is 10.0 Å². The molecule has 0 spiro atoms. The summed E-state index contributed by atoms with van der Waals surface area (Å²) in [5.41, 5.74) is 0.704. The molecule has 0 aromatic heterocycles. The Bertz CT molecular complexity index is 1410. The first-order chi connectivity index (χ1) is 17.9. The molecule has 0 unspecified atom stereocenters. The van der Waals surface area contributed by atoms with E-state index in [4.69, 9.17) is 18.9 Å². The largest absolute Gasteiger partial charge is 0.573 e. The van der Waals surface area contributed by atoms with Crippen LogP contribution in [-0.4, -0.2) is 48.3 Å². The maximum Gasteiger partial charge on any atom is 0.573 e. The average molecular weight is 556 g/mol. The molecule has 13 heteroatoms. The molecule has 204 valence electrons. The summed E-state index contributed by atoms with van der Waals surface area (Å²) in [6.45, 7) is 0. The number of rotatable bonds is 10. The van der Waals surface area contributed by atoms with Gasteiger partial charge < -0.3 is 28.8 Å². The van der Waals surface area contributed by atoms with E-state index in [2.05, 4.69) is 9.46 Å². The quantitative estimate of drug-likeness (QED) is 0.325. The molecule has 0 fully saturated rings. The average Bonchev–Trinajstić information content (AvgIpc) is 2.86. The number of hydrogen-bond donors (Lipinski definition) is 2. The summed E-state index contributed by atoms with van der Waals surface area (Å²) in [5.74, 6) is -0.143. The molecule has 3 aromatic rings. The summed E-state index contributed by atoms with van der Waals surface area (Å²) < 4.78 is 91.3. The van der Waals surface area contributed by atoms with E-state index < -0.39 is 27.0 Å². The van der Waals surface area contributed by atoms with Gasteiger partial charge in [-0.05, 0) is 42.0 Å². The van der Waals surface area contributed by atoms with Gasteiger partial charge in [-0.1, -0.05) is 18.2 Å². The highest BCUT2D eigenvalue weighted by molar-refractivity contribution is 7.92. The summed E-state index contributed by atoms with van der Waals surface area (Å²) >= 11 is 0. The lowest BCUT2D eigenvalue weighted by Crippen LogP contribution is -2.18. The lowest BCUT2D eigenvalue weighted by molar-refractivity contribution is -0.274. The van der Waals surface area contributed by atoms with E-state index in [1.165, 1.54) is 46.6 Å². The number of hydrogen-bond acceptors (Lipinski definition) is 8. The third kappa shape index (κ3) is 6.54. The molecule has 0 saturated heterocycles. The Morgan fingerprint density at radius 2 is 1.47 bits per heavy atom. The van der Waals surface area contributed by atoms with Crippen LogP contribution >= 0.6 is 0 Å². The van der Waals surface area contributed by atoms with Gasteiger partial charge in [0.1, 0.15) is 11.4 Å². The van der Waals surface area contributed by atoms with Crippen molar-refractivity contribution in [3.63, 3.8) is 0 Å². The molecule has 38 heavy (non-hydrogen) atoms. The zero-order valence-corrected chi connectivity index (χ0v) is 21.4. The van der Waals surface area contributed by atoms with Gasteiger partial charge in [-0.25, -0.2) is 8.42 Å². The van der Waals surface area contributed by atoms with E-state index in [0.717, 1.165) is 24.3 Å². The zero-order chi connectivity index (χ0) is 28.1. The highest BCUT2D eigenvalue weighted by Crippen LogP contribution is 2.41. The van der Waals surface area contributed by atoms with Gasteiger partial charge in [-0.15, -0.1) is 13.2 Å². The molecule has 0 saturated carbocycles. The maximum absolute atomic E-state index is 13.1. The van der Waals surface area contributed by atoms with Crippen molar-refractivity contribution in [2.75, 3.05) is 33.2 Å². The second kappa shape index (κ2) is 11.4. The van der Waals surface area contributed by atoms with Gasteiger partial charge in [0.05, 0.1) is 33.3 Å². The van der Waals surface area contributed by atoms with E-state index in [-0.39, 0.29) is 22.7 Å². The van der Waals surface area contributed by atoms with Gasteiger partial charge in [0.25, 0.3) is 10.0 Å². The van der Waals surface area contributed by atoms with Crippen LogP contribution in [0.3, 0.4) is 0 Å². The fraction of sp³-hybridized carbons (Fsp3) is 0.200. The normalized spacial score (nSPS) is 11.8. The standard InChI is InChI=1S/C25H24F3NO8S/c1-33-20-12-15(13-21(34-2)24(20)36-4)8-9-16-10-11-19(30)23(35-3)22(16)29-38(31,32)18-7-5-6-17(14-18)37-25(26,27)28/h5-14,29-30H,1-4H3/b9-8-. The lowest BCUT2D eigenvalue weighted by atomic mass is 10.1. The molecular formula is C25H24F3NO8S. The number of halogens is 3. The SMILES string of the molecule is COc1cc(/C=C\c2ccc(O)c(OC)c2NS(=O)(=O)c2cccc(OC(F)(F)F)c2)cc(OC)c1OC. The first-order valence-electron chi connectivity index (χ1n) is 10.7. The molecular weight excluding hydrogens is 531 g/mol. The van der Waals surface area contributed by atoms with Crippen molar-refractivity contribution in [1.29, 1.82) is 0 Å². The number of phenolic OH excluding ortho intramolecular Hbond substituents is 1. The first kappa shape index (κ1) is 28.3. The molecule has 3 rings (SSSR count). The number of nitrogens with one attached hydrogen (secondary N) is 1. The van der Waals surface area contributed by atoms with Gasteiger partial charge in [-0.2, -0.15) is 0 Å². The van der Waals surface area contributed by atoms with Crippen molar-refractivity contribution < 1.29 is 50.4 Å². The predicted octanol–water partition coefficient (Wildman–Crippen LogP) is 5.30. The fourth-order valence-corrected chi connectivity index (χ4v) is 4.58. The number of anilines is 1. The molecule has 0 radical (unpaired) electrons. The van der Waals surface area contributed by atoms with Crippen LogP contribution in [0.25, 0.3) is 12.2 Å². The molecule has 2 N–H and O–H groups in total. The first-order valence-corrected chi connectivity index (χ1v) is 12.2. The third-order valence-electron chi connectivity index (χ3n) is 5.10. The van der Waals surface area contributed by atoms with Crippen molar-refractivity contribution in [2.45, 2.75) is 11.3 Å². The molecule has 0 atom stereocenters. The van der Waals surface area contributed by atoms with E-state index in [1.807, 2.05) is 0 Å². The minimum Gasteiger partial charge on any atom is -0.504 e. The van der Waals surface area contributed by atoms with Crippen molar-refractivity contribution in [1.82, 2.24) is 0 Å². The molecule has 3 aromatic carbocycles. The van der Waals surface area contributed by atoms with Crippen LogP contribution in [0, 0.1) is 0 Å². The Labute approximate surface area is 217 Å². The Morgan fingerprint density at radius 1 is 0.842 bits per heavy atom. The van der Waals surface area contributed by atoms with Gasteiger partial charge in [0.15, 0.2) is 23.0 Å². The molecule has 0 aliphatic rings. The number of methoxy groups -OCH3 is 4. The monoisotopic (exact) mass is 555 g/mol. The van der Waals surface area contributed by atoms with Crippen molar-refractivity contribution >= 4 is 27.9 Å². The zero-order valence-electron chi connectivity index (χ0n) is 20.6. The van der Waals surface area contributed by atoms with E-state index >= 15 is 0 Å². The van der Waals surface area contributed by atoms with E-state index in [1.54, 1.807) is 18.2 Å². The lowest BCUT2D eigenvalue weighted by Gasteiger charge is -2.16. The molecule has 0 aliphatic heterocycles. The van der Waals surface area contributed by atoms with Gasteiger partial charge >= 0.3 is 6.36 Å². The minimum absolute atomic E-state index is 0.154. The minimum atomic E-state index is -5.00. The smallest absolute Gasteiger partial charge is 0.504 e. The molecule has 0 bridgehead atoms. The Balaban J connectivity index is 2.05. The number of benzene rings is 3. The van der Waals surface area contributed by atoms with Crippen molar-refractivity contribution in [2.24, 2.45) is 0 Å². The van der Waals surface area contributed by atoms with Crippen LogP contribution in [0.5, 0.6) is 34.5 Å². The fourth-order valence-electron chi connectivity index (χ4n) is 3.45. The summed E-state index contributed by atoms with van der Waals surface area (Å²) in [6.07, 6.45) is -1.86. The maximum atomic E-state index is 13.1. The summed E-state index contributed by atoms with van der Waals surface area (Å²) in [7, 11) is 1.14. The van der Waals surface area contributed by atoms with Gasteiger partial charge in [0, 0.05) is 11.6 Å². The Kier molecular flexibility index (Phi) is 8.51. The number of alkyl halides is 3. The van der Waals surface area contributed by atoms with Gasteiger partial charge in [0.2, 0.25) is 5.75 Å². The molecule has 0 aliphatic carbocycles. The van der Waals surface area contributed by atoms with Crippen LogP contribution in [0.4, 0.5) is 18.9 Å². The van der Waals surface area contributed by atoms with E-state index in [9.17, 15) is 26.7 Å². The number of phenols is 1. The number of sulfonamides is 1. The predicted molar refractivity (Wildman–Crippen MR) is 134 cm³/mol. The van der Waals surface area contributed by atoms with Crippen LogP contribution in [0.15, 0.2) is 53.4 Å². The van der Waals surface area contributed by atoms with Crippen molar-refractivity contribution in [3.05, 3.63) is 59.7 Å². The summed E-state index contributed by atoms with van der Waals surface area (Å²) in [4.78, 5) is -0.510. The van der Waals surface area contributed by atoms with Crippen LogP contribution in [0.2, 0.25) is 0 Å². The molecule has 0 heterocycles. The second-order valence-corrected chi connectivity index (χ2v) is 9.18. The van der Waals surface area contributed by atoms with Crippen LogP contribution in [0.1, 0.15) is 11.1 Å². The highest BCUT2D eigenvalue weighted by atomic mass is 32.2. The third-order valence-corrected chi connectivity index (χ3v) is 6.45. The summed E-state index contributed by atoms with van der Waals surface area (Å²) in [5, 5.41) is 10.3. The Hall–Kier alpha value is -4.26. The van der Waals surface area contributed by atoms with Crippen molar-refractivity contribution in [3.8, 4) is 34.5 Å². The number of aromatic hydroxyl groups is 1. The second-order valence-electron chi connectivity index (χ2n) is 7.50. The van der Waals surface area contributed by atoms with Gasteiger partial charge in [-0.3, -0.25) is 4.72 Å². The highest BCUT2D eigenvalue weighted by Gasteiger charge is 2.31. The number of ether oxygens (including phenoxy) is 5. The topological polar surface area (TPSA) is 113 Å². The summed E-state index contributed by atoms with van der Waals surface area (Å²) in [6, 6.07) is 9.91. The molecule has 9 nitrogen and oxygen atoms in total. The van der Waals surface area contributed by atoms with Crippen LogP contribution < -0.4 is 28.4 Å².